The summed E-state index contributed by atoms with van der Waals surface area (Å²) in [7, 11) is 4.24. The van der Waals surface area contributed by atoms with Gasteiger partial charge in [0.05, 0.1) is 17.2 Å². The van der Waals surface area contributed by atoms with Gasteiger partial charge in [-0.2, -0.15) is 0 Å². The molecule has 0 N–H and O–H groups in total. The second-order valence-corrected chi connectivity index (χ2v) is 9.26. The predicted molar refractivity (Wildman–Crippen MR) is 98.6 cm³/mol. The molecule has 6 nitrogen and oxygen atoms in total. The summed E-state index contributed by atoms with van der Waals surface area (Å²) in [6.07, 6.45) is 12.7. The van der Waals surface area contributed by atoms with Crippen molar-refractivity contribution >= 4 is 5.91 Å². The van der Waals surface area contributed by atoms with Crippen LogP contribution < -0.4 is 0 Å². The second-order valence-electron chi connectivity index (χ2n) is 9.26. The summed E-state index contributed by atoms with van der Waals surface area (Å²) in [6, 6.07) is 1.50. The molecule has 4 atom stereocenters. The number of carbonyl (C=O) groups is 1. The molecular weight excluding hydrogens is 326 g/mol. The first-order valence-corrected chi connectivity index (χ1v) is 10.5. The molecule has 1 unspecified atom stereocenters. The van der Waals surface area contributed by atoms with Gasteiger partial charge in [0.1, 0.15) is 0 Å². The predicted octanol–water partition coefficient (Wildman–Crippen LogP) is 2.27. The zero-order valence-electron chi connectivity index (χ0n) is 16.1. The second kappa shape index (κ2) is 6.04. The monoisotopic (exact) mass is 357 g/mol. The largest absolute Gasteiger partial charge is 0.342 e. The van der Waals surface area contributed by atoms with Crippen molar-refractivity contribution in [3.05, 3.63) is 11.9 Å². The summed E-state index contributed by atoms with van der Waals surface area (Å²) in [5, 5.41) is 8.87. The van der Waals surface area contributed by atoms with Crippen molar-refractivity contribution in [1.82, 2.24) is 24.8 Å². The van der Waals surface area contributed by atoms with Gasteiger partial charge in [-0.25, -0.2) is 4.68 Å². The summed E-state index contributed by atoms with van der Waals surface area (Å²) in [5.74, 6) is 0.886. The Morgan fingerprint density at radius 1 is 1.27 bits per heavy atom. The molecule has 0 aromatic carbocycles. The number of piperidine rings is 1. The lowest BCUT2D eigenvalue weighted by Gasteiger charge is -2.41. The van der Waals surface area contributed by atoms with Gasteiger partial charge in [-0.1, -0.05) is 11.6 Å². The molecule has 3 aliphatic carbocycles. The first-order chi connectivity index (χ1) is 12.6. The van der Waals surface area contributed by atoms with Gasteiger partial charge in [-0.05, 0) is 64.5 Å². The molecule has 0 radical (unpaired) electrons. The fourth-order valence-electron chi connectivity index (χ4n) is 5.54. The average molecular weight is 358 g/mol. The SMILES string of the molecule is CN1CCCCC1Cc1cn([C@@H]2C[C@@]3(C(=O)N(C)C4CCC4)C[C@@H]23)nn1. The standard InChI is InChI=1S/C20H31N5O/c1-23-9-4-3-6-16(23)10-14-13-25(22-21-14)18-12-20(11-17(18)20)19(26)24(2)15-7-5-8-15/h13,15-18H,3-12H2,1-2H3/t16?,17-,18+,20-/m0/s1. The molecule has 3 saturated carbocycles. The zero-order valence-corrected chi connectivity index (χ0v) is 16.1. The quantitative estimate of drug-likeness (QED) is 0.811. The van der Waals surface area contributed by atoms with E-state index in [1.807, 2.05) is 11.9 Å². The molecular formula is C20H31N5O. The fraction of sp³-hybridized carbons (Fsp3) is 0.850. The fourth-order valence-corrected chi connectivity index (χ4v) is 5.54. The highest BCUT2D eigenvalue weighted by Crippen LogP contribution is 2.73. The van der Waals surface area contributed by atoms with Gasteiger partial charge >= 0.3 is 0 Å². The van der Waals surface area contributed by atoms with Gasteiger partial charge in [0.2, 0.25) is 5.91 Å². The lowest BCUT2D eigenvalue weighted by Crippen LogP contribution is -2.48. The molecule has 2 heterocycles. The molecule has 1 aromatic rings. The molecule has 4 fully saturated rings. The van der Waals surface area contributed by atoms with Gasteiger partial charge in [0.15, 0.2) is 0 Å². The Morgan fingerprint density at radius 3 is 2.81 bits per heavy atom. The highest BCUT2D eigenvalue weighted by atomic mass is 16.2. The average Bonchev–Trinajstić information content (AvgIpc) is 2.93. The number of carbonyl (C=O) groups excluding carboxylic acids is 1. The van der Waals surface area contributed by atoms with Gasteiger partial charge in [-0.15, -0.1) is 5.10 Å². The minimum atomic E-state index is -0.0509. The molecule has 1 aromatic heterocycles. The Balaban J connectivity index is 1.19. The van der Waals surface area contributed by atoms with Gasteiger partial charge in [0.25, 0.3) is 0 Å². The lowest BCUT2D eigenvalue weighted by atomic mass is 9.78. The number of amides is 1. The molecule has 0 bridgehead atoms. The van der Waals surface area contributed by atoms with Crippen molar-refractivity contribution in [1.29, 1.82) is 0 Å². The van der Waals surface area contributed by atoms with Crippen LogP contribution in [0.25, 0.3) is 0 Å². The minimum Gasteiger partial charge on any atom is -0.342 e. The molecule has 1 aliphatic heterocycles. The highest BCUT2D eigenvalue weighted by molar-refractivity contribution is 5.88. The Bertz CT molecular complexity index is 698. The maximum atomic E-state index is 12.9. The van der Waals surface area contributed by atoms with Crippen molar-refractivity contribution in [2.45, 2.75) is 75.9 Å². The summed E-state index contributed by atoms with van der Waals surface area (Å²) >= 11 is 0. The van der Waals surface area contributed by atoms with Gasteiger partial charge in [0, 0.05) is 31.7 Å². The third-order valence-electron chi connectivity index (χ3n) is 7.80. The zero-order chi connectivity index (χ0) is 17.9. The van der Waals surface area contributed by atoms with E-state index < -0.39 is 0 Å². The van der Waals surface area contributed by atoms with Gasteiger partial charge < -0.3 is 9.80 Å². The number of likely N-dealkylation sites (tertiary alicyclic amines) is 1. The van der Waals surface area contributed by atoms with E-state index in [0.29, 0.717) is 30.0 Å². The van der Waals surface area contributed by atoms with Crippen molar-refractivity contribution in [3.63, 3.8) is 0 Å². The number of fused-ring (bicyclic) bond motifs is 1. The van der Waals surface area contributed by atoms with Crippen LogP contribution in [0, 0.1) is 11.3 Å². The minimum absolute atomic E-state index is 0.0509. The third-order valence-corrected chi connectivity index (χ3v) is 7.80. The summed E-state index contributed by atoms with van der Waals surface area (Å²) in [4.78, 5) is 17.4. The molecule has 26 heavy (non-hydrogen) atoms. The van der Waals surface area contributed by atoms with Crippen LogP contribution in [0.5, 0.6) is 0 Å². The highest BCUT2D eigenvalue weighted by Gasteiger charge is 2.73. The summed E-state index contributed by atoms with van der Waals surface area (Å²) in [6.45, 7) is 1.20. The number of nitrogens with zero attached hydrogens (tertiary/aromatic N) is 5. The van der Waals surface area contributed by atoms with Crippen molar-refractivity contribution < 1.29 is 4.79 Å². The molecule has 1 saturated heterocycles. The number of likely N-dealkylation sites (N-methyl/N-ethyl adjacent to an activating group) is 1. The molecule has 4 aliphatic rings. The van der Waals surface area contributed by atoms with Crippen molar-refractivity contribution in [3.8, 4) is 0 Å². The van der Waals surface area contributed by atoms with Crippen LogP contribution in [0.1, 0.15) is 63.1 Å². The van der Waals surface area contributed by atoms with E-state index >= 15 is 0 Å². The Morgan fingerprint density at radius 2 is 2.12 bits per heavy atom. The first-order valence-electron chi connectivity index (χ1n) is 10.5. The molecule has 5 rings (SSSR count). The summed E-state index contributed by atoms with van der Waals surface area (Å²) < 4.78 is 2.06. The lowest BCUT2D eigenvalue weighted by molar-refractivity contribution is -0.144. The van der Waals surface area contributed by atoms with Crippen LogP contribution in [0.15, 0.2) is 6.20 Å². The Hall–Kier alpha value is -1.43. The molecule has 0 spiro atoms. The van der Waals surface area contributed by atoms with Crippen LogP contribution in [0.3, 0.4) is 0 Å². The first kappa shape index (κ1) is 16.7. The molecule has 1 amide bonds. The number of hydrogen-bond acceptors (Lipinski definition) is 4. The Kier molecular flexibility index (Phi) is 3.89. The topological polar surface area (TPSA) is 54.3 Å². The van der Waals surface area contributed by atoms with Crippen molar-refractivity contribution in [2.75, 3.05) is 20.6 Å². The third kappa shape index (κ3) is 2.52. The van der Waals surface area contributed by atoms with E-state index in [9.17, 15) is 4.79 Å². The number of hydrogen-bond donors (Lipinski definition) is 0. The van der Waals surface area contributed by atoms with Crippen LogP contribution >= 0.6 is 0 Å². The number of rotatable bonds is 5. The van der Waals surface area contributed by atoms with Gasteiger partial charge in [-0.3, -0.25) is 4.79 Å². The molecule has 142 valence electrons. The van der Waals surface area contributed by atoms with E-state index in [1.165, 1.54) is 45.1 Å². The van der Waals surface area contributed by atoms with Crippen LogP contribution in [-0.4, -0.2) is 63.4 Å². The maximum absolute atomic E-state index is 12.9. The summed E-state index contributed by atoms with van der Waals surface area (Å²) in [5.41, 5.74) is 1.06. The smallest absolute Gasteiger partial charge is 0.229 e. The maximum Gasteiger partial charge on any atom is 0.229 e. The van der Waals surface area contributed by atoms with E-state index in [2.05, 4.69) is 33.1 Å². The van der Waals surface area contributed by atoms with Crippen LogP contribution in [-0.2, 0) is 11.2 Å². The normalized spacial score (nSPS) is 36.8. The number of aromatic nitrogens is 3. The van der Waals surface area contributed by atoms with Crippen LogP contribution in [0.4, 0.5) is 0 Å². The van der Waals surface area contributed by atoms with Crippen LogP contribution in [0.2, 0.25) is 0 Å². The van der Waals surface area contributed by atoms with E-state index in [0.717, 1.165) is 25.0 Å². The van der Waals surface area contributed by atoms with E-state index in [-0.39, 0.29) is 5.41 Å². The van der Waals surface area contributed by atoms with Crippen molar-refractivity contribution in [2.24, 2.45) is 11.3 Å². The Labute approximate surface area is 155 Å². The van der Waals surface area contributed by atoms with E-state index in [4.69, 9.17) is 0 Å². The molecule has 6 heteroatoms. The van der Waals surface area contributed by atoms with E-state index in [1.54, 1.807) is 0 Å².